The van der Waals surface area contributed by atoms with Crippen LogP contribution < -0.4 is 10.0 Å². The van der Waals surface area contributed by atoms with Gasteiger partial charge >= 0.3 is 5.97 Å². The molecule has 1 amide bonds. The molecule has 1 aromatic rings. The van der Waals surface area contributed by atoms with Gasteiger partial charge in [-0.3, -0.25) is 4.79 Å². The molecule has 0 radical (unpaired) electrons. The van der Waals surface area contributed by atoms with Gasteiger partial charge in [-0.2, -0.15) is 0 Å². The summed E-state index contributed by atoms with van der Waals surface area (Å²) in [6.07, 6.45) is 0.652. The zero-order chi connectivity index (χ0) is 18.8. The molecule has 1 fully saturated rings. The third kappa shape index (κ3) is 5.82. The van der Waals surface area contributed by atoms with Crippen LogP contribution in [0.25, 0.3) is 0 Å². The first-order valence-electron chi connectivity index (χ1n) is 8.13. The van der Waals surface area contributed by atoms with Gasteiger partial charge in [0.15, 0.2) is 6.10 Å². The number of esters is 1. The fraction of sp³-hybridized carbons (Fsp3) is 0.529. The molecule has 8 heteroatoms. The van der Waals surface area contributed by atoms with E-state index in [1.54, 1.807) is 0 Å². The number of amides is 1. The lowest BCUT2D eigenvalue weighted by Crippen LogP contribution is -2.46. The van der Waals surface area contributed by atoms with Crippen molar-refractivity contribution in [2.75, 3.05) is 0 Å². The Kier molecular flexibility index (Phi) is 5.53. The zero-order valence-electron chi connectivity index (χ0n) is 14.8. The topological polar surface area (TPSA) is 102 Å². The Balaban J connectivity index is 2.07. The predicted octanol–water partition coefficient (Wildman–Crippen LogP) is 1.59. The Hall–Kier alpha value is -1.93. The Morgan fingerprint density at radius 1 is 1.24 bits per heavy atom. The molecule has 2 rings (SSSR count). The molecule has 1 aliphatic rings. The Bertz CT molecular complexity index is 763. The normalized spacial score (nSPS) is 16.2. The van der Waals surface area contributed by atoms with E-state index in [0.29, 0.717) is 0 Å². The molecule has 7 nitrogen and oxygen atoms in total. The summed E-state index contributed by atoms with van der Waals surface area (Å²) in [5, 5.41) is 2.72. The summed E-state index contributed by atoms with van der Waals surface area (Å²) >= 11 is 0. The van der Waals surface area contributed by atoms with Crippen LogP contribution in [0, 0.1) is 0 Å². The average Bonchev–Trinajstić information content (AvgIpc) is 3.28. The summed E-state index contributed by atoms with van der Waals surface area (Å²) in [7, 11) is -3.66. The lowest BCUT2D eigenvalue weighted by atomic mass is 10.1. The number of hydrogen-bond donors (Lipinski definition) is 2. The largest absolute Gasteiger partial charge is 0.449 e. The van der Waals surface area contributed by atoms with E-state index in [1.807, 2.05) is 20.8 Å². The van der Waals surface area contributed by atoms with Gasteiger partial charge in [0.25, 0.3) is 5.91 Å². The average molecular weight is 368 g/mol. The quantitative estimate of drug-likeness (QED) is 0.743. The Labute approximate surface area is 148 Å². The van der Waals surface area contributed by atoms with Gasteiger partial charge in [0.1, 0.15) is 0 Å². The summed E-state index contributed by atoms with van der Waals surface area (Å²) in [5.41, 5.74) is -0.366. The van der Waals surface area contributed by atoms with Gasteiger partial charge in [-0.1, -0.05) is 6.07 Å². The molecule has 1 atom stereocenters. The zero-order valence-corrected chi connectivity index (χ0v) is 15.6. The van der Waals surface area contributed by atoms with Gasteiger partial charge in [0, 0.05) is 11.6 Å². The molecule has 0 spiro atoms. The highest BCUT2D eigenvalue weighted by Crippen LogP contribution is 2.22. The number of hydrogen-bond acceptors (Lipinski definition) is 5. The summed E-state index contributed by atoms with van der Waals surface area (Å²) in [4.78, 5) is 24.2. The standard InChI is InChI=1S/C17H24N2O5S/c1-11(15(20)18-17(2,3)4)24-16(21)12-6-5-7-14(10-12)25(22,23)19-13-8-9-13/h5-7,10-11,13,19H,8-9H2,1-4H3,(H,18,20). The van der Waals surface area contributed by atoms with Gasteiger partial charge in [0.2, 0.25) is 10.0 Å². The van der Waals surface area contributed by atoms with Crippen molar-refractivity contribution in [2.45, 2.75) is 63.1 Å². The minimum Gasteiger partial charge on any atom is -0.449 e. The number of ether oxygens (including phenoxy) is 1. The van der Waals surface area contributed by atoms with Crippen LogP contribution in [0.5, 0.6) is 0 Å². The van der Waals surface area contributed by atoms with E-state index in [2.05, 4.69) is 10.0 Å². The van der Waals surface area contributed by atoms with Gasteiger partial charge in [-0.15, -0.1) is 0 Å². The van der Waals surface area contributed by atoms with Crippen LogP contribution in [0.4, 0.5) is 0 Å². The number of nitrogens with one attached hydrogen (secondary N) is 2. The third-order valence-electron chi connectivity index (χ3n) is 3.43. The highest BCUT2D eigenvalue weighted by Gasteiger charge is 2.29. The molecule has 0 heterocycles. The molecular weight excluding hydrogens is 344 g/mol. The molecule has 2 N–H and O–H groups in total. The first-order chi connectivity index (χ1) is 11.5. The number of sulfonamides is 1. The van der Waals surface area contributed by atoms with Crippen LogP contribution in [-0.2, 0) is 19.6 Å². The SMILES string of the molecule is CC(OC(=O)c1cccc(S(=O)(=O)NC2CC2)c1)C(=O)NC(C)(C)C. The van der Waals surface area contributed by atoms with E-state index in [-0.39, 0.29) is 16.5 Å². The summed E-state index contributed by atoms with van der Waals surface area (Å²) < 4.78 is 32.1. The first kappa shape index (κ1) is 19.4. The lowest BCUT2D eigenvalue weighted by molar-refractivity contribution is -0.130. The highest BCUT2D eigenvalue weighted by molar-refractivity contribution is 7.89. The first-order valence-corrected chi connectivity index (χ1v) is 9.62. The van der Waals surface area contributed by atoms with E-state index in [1.165, 1.54) is 31.2 Å². The third-order valence-corrected chi connectivity index (χ3v) is 4.95. The number of rotatable bonds is 6. The van der Waals surface area contributed by atoms with Gasteiger partial charge < -0.3 is 10.1 Å². The fourth-order valence-electron chi connectivity index (χ4n) is 2.03. The molecule has 1 unspecified atom stereocenters. The molecule has 1 aliphatic carbocycles. The number of carbonyl (C=O) groups is 2. The van der Waals surface area contributed by atoms with Crippen molar-refractivity contribution in [1.29, 1.82) is 0 Å². The van der Waals surface area contributed by atoms with Crippen LogP contribution in [0.1, 0.15) is 50.9 Å². The van der Waals surface area contributed by atoms with Crippen LogP contribution in [0.15, 0.2) is 29.2 Å². The number of benzene rings is 1. The Morgan fingerprint density at radius 2 is 1.88 bits per heavy atom. The predicted molar refractivity (Wildman–Crippen MR) is 92.6 cm³/mol. The van der Waals surface area contributed by atoms with Crippen molar-refractivity contribution in [3.63, 3.8) is 0 Å². The van der Waals surface area contributed by atoms with E-state index in [0.717, 1.165) is 12.8 Å². The molecule has 0 saturated heterocycles. The number of carbonyl (C=O) groups excluding carboxylic acids is 2. The maximum atomic E-state index is 12.2. The van der Waals surface area contributed by atoms with E-state index in [9.17, 15) is 18.0 Å². The highest BCUT2D eigenvalue weighted by atomic mass is 32.2. The minimum absolute atomic E-state index is 0.000598. The second-order valence-corrected chi connectivity index (χ2v) is 8.92. The lowest BCUT2D eigenvalue weighted by Gasteiger charge is -2.23. The summed E-state index contributed by atoms with van der Waals surface area (Å²) in [6, 6.07) is 5.56. The smallest absolute Gasteiger partial charge is 0.338 e. The molecule has 1 aromatic carbocycles. The van der Waals surface area contributed by atoms with E-state index in [4.69, 9.17) is 4.74 Å². The summed E-state index contributed by atoms with van der Waals surface area (Å²) in [6.45, 7) is 6.93. The monoisotopic (exact) mass is 368 g/mol. The van der Waals surface area contributed by atoms with Crippen LogP contribution in [0.2, 0.25) is 0 Å². The van der Waals surface area contributed by atoms with Crippen molar-refractivity contribution < 1.29 is 22.7 Å². The van der Waals surface area contributed by atoms with Crippen LogP contribution >= 0.6 is 0 Å². The minimum atomic E-state index is -3.66. The van der Waals surface area contributed by atoms with Crippen molar-refractivity contribution in [2.24, 2.45) is 0 Å². The van der Waals surface area contributed by atoms with Crippen molar-refractivity contribution in [1.82, 2.24) is 10.0 Å². The van der Waals surface area contributed by atoms with Crippen molar-refractivity contribution in [3.05, 3.63) is 29.8 Å². The van der Waals surface area contributed by atoms with E-state index < -0.39 is 33.5 Å². The molecule has 1 saturated carbocycles. The maximum absolute atomic E-state index is 12.2. The van der Waals surface area contributed by atoms with Gasteiger partial charge in [-0.25, -0.2) is 17.9 Å². The van der Waals surface area contributed by atoms with Gasteiger partial charge in [-0.05, 0) is 58.7 Å². The molecule has 25 heavy (non-hydrogen) atoms. The van der Waals surface area contributed by atoms with Crippen LogP contribution in [0.3, 0.4) is 0 Å². The molecular formula is C17H24N2O5S. The van der Waals surface area contributed by atoms with Gasteiger partial charge in [0.05, 0.1) is 10.5 Å². The Morgan fingerprint density at radius 3 is 2.44 bits per heavy atom. The maximum Gasteiger partial charge on any atom is 0.338 e. The van der Waals surface area contributed by atoms with Crippen LogP contribution in [-0.4, -0.2) is 38.0 Å². The summed E-state index contributed by atoms with van der Waals surface area (Å²) in [5.74, 6) is -1.17. The molecule has 0 aromatic heterocycles. The molecule has 0 aliphatic heterocycles. The van der Waals surface area contributed by atoms with Crippen molar-refractivity contribution >= 4 is 21.9 Å². The van der Waals surface area contributed by atoms with Crippen molar-refractivity contribution in [3.8, 4) is 0 Å². The molecule has 0 bridgehead atoms. The fourth-order valence-corrected chi connectivity index (χ4v) is 3.38. The molecule has 138 valence electrons. The second kappa shape index (κ2) is 7.13. The van der Waals surface area contributed by atoms with E-state index >= 15 is 0 Å². The second-order valence-electron chi connectivity index (χ2n) is 7.21.